The summed E-state index contributed by atoms with van der Waals surface area (Å²) in [6, 6.07) is 7.95. The molecule has 24 heavy (non-hydrogen) atoms. The molecule has 6 heteroatoms. The molecule has 0 bridgehead atoms. The van der Waals surface area contributed by atoms with Crippen molar-refractivity contribution in [2.45, 2.75) is 26.4 Å². The summed E-state index contributed by atoms with van der Waals surface area (Å²) >= 11 is 0. The van der Waals surface area contributed by atoms with E-state index in [1.807, 2.05) is 13.0 Å². The summed E-state index contributed by atoms with van der Waals surface area (Å²) in [6.45, 7) is 4.83. The van der Waals surface area contributed by atoms with Crippen LogP contribution in [0.15, 0.2) is 30.3 Å². The first-order valence-electron chi connectivity index (χ1n) is 7.50. The molecular weight excluding hydrogens is 309 g/mol. The number of nitrogens with two attached hydrogens (primary N) is 1. The van der Waals surface area contributed by atoms with Crippen molar-refractivity contribution < 1.29 is 14.3 Å². The first-order chi connectivity index (χ1) is 11.2. The molecule has 1 amide bonds. The number of carbonyl (C=O) groups is 1. The van der Waals surface area contributed by atoms with Crippen LogP contribution in [0, 0.1) is 12.7 Å². The lowest BCUT2D eigenvalue weighted by atomic mass is 9.87. The summed E-state index contributed by atoms with van der Waals surface area (Å²) in [7, 11) is 0. The van der Waals surface area contributed by atoms with E-state index in [0.29, 0.717) is 11.1 Å². The number of hydrogen-bond donors (Lipinski definition) is 3. The van der Waals surface area contributed by atoms with Gasteiger partial charge in [0.2, 0.25) is 5.91 Å². The summed E-state index contributed by atoms with van der Waals surface area (Å²) in [5.74, 6) is -0.636. The van der Waals surface area contributed by atoms with Gasteiger partial charge in [0.25, 0.3) is 0 Å². The van der Waals surface area contributed by atoms with Crippen LogP contribution in [-0.2, 0) is 5.60 Å². The number of nitrogens with zero attached hydrogens (tertiary/aromatic N) is 1. The summed E-state index contributed by atoms with van der Waals surface area (Å²) in [5, 5.41) is 10.4. The van der Waals surface area contributed by atoms with Crippen LogP contribution in [0.1, 0.15) is 35.6 Å². The van der Waals surface area contributed by atoms with Crippen LogP contribution in [0.2, 0.25) is 0 Å². The lowest BCUT2D eigenvalue weighted by molar-refractivity contribution is 0.0750. The number of aromatic amines is 1. The van der Waals surface area contributed by atoms with E-state index in [-0.39, 0.29) is 11.1 Å². The molecule has 0 unspecified atom stereocenters. The predicted molar refractivity (Wildman–Crippen MR) is 90.0 cm³/mol. The second-order valence-electron chi connectivity index (χ2n) is 6.36. The molecule has 0 radical (unpaired) electrons. The molecule has 5 nitrogen and oxygen atoms in total. The van der Waals surface area contributed by atoms with Crippen LogP contribution in [0.25, 0.3) is 22.2 Å². The maximum absolute atomic E-state index is 14.6. The highest BCUT2D eigenvalue weighted by atomic mass is 19.1. The van der Waals surface area contributed by atoms with Crippen LogP contribution in [0.5, 0.6) is 0 Å². The number of aromatic nitrogens is 2. The number of benzene rings is 2. The fourth-order valence-corrected chi connectivity index (χ4v) is 2.90. The Morgan fingerprint density at radius 3 is 2.62 bits per heavy atom. The van der Waals surface area contributed by atoms with Crippen molar-refractivity contribution in [3.8, 4) is 11.1 Å². The number of aryl methyl sites for hydroxylation is 1. The zero-order valence-electron chi connectivity index (χ0n) is 13.6. The number of rotatable bonds is 3. The third kappa shape index (κ3) is 2.76. The van der Waals surface area contributed by atoms with Gasteiger partial charge >= 0.3 is 0 Å². The van der Waals surface area contributed by atoms with E-state index in [1.165, 1.54) is 19.9 Å². The molecule has 1 heterocycles. The van der Waals surface area contributed by atoms with Gasteiger partial charge in [-0.1, -0.05) is 6.07 Å². The van der Waals surface area contributed by atoms with Crippen molar-refractivity contribution in [2.24, 2.45) is 5.73 Å². The monoisotopic (exact) mass is 327 g/mol. The predicted octanol–water partition coefficient (Wildman–Crippen LogP) is 3.00. The van der Waals surface area contributed by atoms with Crippen LogP contribution < -0.4 is 5.73 Å². The maximum atomic E-state index is 14.6. The van der Waals surface area contributed by atoms with Crippen molar-refractivity contribution >= 4 is 16.9 Å². The molecule has 1 aromatic heterocycles. The smallest absolute Gasteiger partial charge is 0.248 e. The molecule has 0 spiro atoms. The quantitative estimate of drug-likeness (QED) is 0.690. The SMILES string of the molecule is Cc1nc2cc(-c3cc(C(N)=O)cc(F)c3C(C)(C)O)ccc2[nH]1. The number of fused-ring (bicyclic) bond motifs is 1. The first-order valence-corrected chi connectivity index (χ1v) is 7.50. The van der Waals surface area contributed by atoms with Gasteiger partial charge in [0.1, 0.15) is 11.6 Å². The summed E-state index contributed by atoms with van der Waals surface area (Å²) in [4.78, 5) is 19.0. The van der Waals surface area contributed by atoms with E-state index >= 15 is 0 Å². The lowest BCUT2D eigenvalue weighted by Crippen LogP contribution is -2.21. The third-order valence-electron chi connectivity index (χ3n) is 3.90. The third-order valence-corrected chi connectivity index (χ3v) is 3.90. The van der Waals surface area contributed by atoms with Gasteiger partial charge in [-0.15, -0.1) is 0 Å². The Bertz CT molecular complexity index is 955. The van der Waals surface area contributed by atoms with Gasteiger partial charge < -0.3 is 15.8 Å². The number of carbonyl (C=O) groups excluding carboxylic acids is 1. The van der Waals surface area contributed by atoms with Gasteiger partial charge in [-0.2, -0.15) is 0 Å². The minimum Gasteiger partial charge on any atom is -0.386 e. The van der Waals surface area contributed by atoms with Crippen LogP contribution in [-0.4, -0.2) is 21.0 Å². The lowest BCUT2D eigenvalue weighted by Gasteiger charge is -2.23. The van der Waals surface area contributed by atoms with Crippen molar-refractivity contribution in [1.29, 1.82) is 0 Å². The van der Waals surface area contributed by atoms with Crippen LogP contribution in [0.4, 0.5) is 4.39 Å². The average Bonchev–Trinajstić information content (AvgIpc) is 2.83. The summed E-state index contributed by atoms with van der Waals surface area (Å²) in [5.41, 5.74) is 6.67. The fraction of sp³-hybridized carbons (Fsp3) is 0.222. The Balaban J connectivity index is 2.31. The van der Waals surface area contributed by atoms with Crippen molar-refractivity contribution in [2.75, 3.05) is 0 Å². The molecule has 0 aliphatic carbocycles. The molecule has 3 aromatic rings. The number of hydrogen-bond acceptors (Lipinski definition) is 3. The molecular formula is C18H18FN3O2. The fourth-order valence-electron chi connectivity index (χ4n) is 2.90. The number of primary amides is 1. The molecule has 3 rings (SSSR count). The summed E-state index contributed by atoms with van der Waals surface area (Å²) < 4.78 is 14.6. The van der Waals surface area contributed by atoms with Gasteiger partial charge in [0.15, 0.2) is 0 Å². The van der Waals surface area contributed by atoms with Gasteiger partial charge in [-0.25, -0.2) is 9.37 Å². The van der Waals surface area contributed by atoms with Gasteiger partial charge in [0, 0.05) is 11.1 Å². The minimum atomic E-state index is -1.42. The largest absolute Gasteiger partial charge is 0.386 e. The average molecular weight is 327 g/mol. The zero-order chi connectivity index (χ0) is 17.6. The van der Waals surface area contributed by atoms with Gasteiger partial charge in [-0.3, -0.25) is 4.79 Å². The molecule has 0 fully saturated rings. The molecule has 0 aliphatic heterocycles. The number of amides is 1. The topological polar surface area (TPSA) is 92.0 Å². The van der Waals surface area contributed by atoms with E-state index in [9.17, 15) is 14.3 Å². The maximum Gasteiger partial charge on any atom is 0.248 e. The summed E-state index contributed by atoms with van der Waals surface area (Å²) in [6.07, 6.45) is 0. The molecule has 124 valence electrons. The zero-order valence-corrected chi connectivity index (χ0v) is 13.6. The number of imidazole rings is 1. The Kier molecular flexibility index (Phi) is 3.64. The molecule has 2 aromatic carbocycles. The number of H-pyrrole nitrogens is 1. The molecule has 0 saturated carbocycles. The normalized spacial score (nSPS) is 11.9. The Morgan fingerprint density at radius 2 is 2.00 bits per heavy atom. The van der Waals surface area contributed by atoms with Gasteiger partial charge in [0.05, 0.1) is 16.6 Å². The van der Waals surface area contributed by atoms with Crippen molar-refractivity contribution in [1.82, 2.24) is 9.97 Å². The van der Waals surface area contributed by atoms with Gasteiger partial charge in [-0.05, 0) is 56.2 Å². The van der Waals surface area contributed by atoms with Crippen LogP contribution >= 0.6 is 0 Å². The Hall–Kier alpha value is -2.73. The minimum absolute atomic E-state index is 0.0498. The van der Waals surface area contributed by atoms with E-state index in [4.69, 9.17) is 5.73 Å². The molecule has 0 atom stereocenters. The number of nitrogens with one attached hydrogen (secondary N) is 1. The van der Waals surface area contributed by atoms with E-state index in [2.05, 4.69) is 9.97 Å². The Morgan fingerprint density at radius 1 is 1.29 bits per heavy atom. The number of halogens is 1. The molecule has 0 aliphatic rings. The van der Waals surface area contributed by atoms with Crippen molar-refractivity contribution in [3.05, 3.63) is 53.1 Å². The van der Waals surface area contributed by atoms with E-state index in [0.717, 1.165) is 22.9 Å². The second kappa shape index (κ2) is 5.42. The van der Waals surface area contributed by atoms with E-state index in [1.54, 1.807) is 12.1 Å². The number of aliphatic hydroxyl groups is 1. The van der Waals surface area contributed by atoms with E-state index < -0.39 is 17.3 Å². The first kappa shape index (κ1) is 16.1. The molecule has 4 N–H and O–H groups in total. The van der Waals surface area contributed by atoms with Crippen molar-refractivity contribution in [3.63, 3.8) is 0 Å². The molecule has 0 saturated heterocycles. The van der Waals surface area contributed by atoms with Crippen LogP contribution in [0.3, 0.4) is 0 Å². The highest BCUT2D eigenvalue weighted by Crippen LogP contribution is 2.35. The standard InChI is InChI=1S/C18H18FN3O2/c1-9-21-14-5-4-10(8-15(14)22-9)12-6-11(17(20)23)7-13(19)16(12)18(2,3)24/h4-8,24H,1-3H3,(H2,20,23)(H,21,22). The highest BCUT2D eigenvalue weighted by Gasteiger charge is 2.26. The Labute approximate surface area is 138 Å². The second-order valence-corrected chi connectivity index (χ2v) is 6.36. The highest BCUT2D eigenvalue weighted by molar-refractivity contribution is 5.95.